The van der Waals surface area contributed by atoms with E-state index < -0.39 is 13.9 Å². The highest BCUT2D eigenvalue weighted by atomic mass is 31.2. The third-order valence-electron chi connectivity index (χ3n) is 11.1. The standard InChI is InChI=1S/C55H100NO7P/c1-3-5-7-9-11-13-15-17-19-21-23-25-26-27-29-31-33-35-37-39-41-43-45-47-50-60-52-54(53-62-64(58,59)61-51-49-56)63-55(57)48-46-44-42-40-38-36-34-32-30-28-24-22-20-18-16-14-12-10-8-6-4-2/h5,7,11,13,17,19,23,25,27,29,33,35,54H,3-4,6,8-10,12,14-16,18,20-22,24,26,28,30-32,34,36-53,56H2,1-2H3,(H,58,59)/b7-5-,13-11-,19-17-,25-23-,29-27-,35-33-. The van der Waals surface area contributed by atoms with Gasteiger partial charge in [0.2, 0.25) is 0 Å². The Kier molecular flexibility index (Phi) is 50.2. The second-order valence-corrected chi connectivity index (χ2v) is 18.8. The Balaban J connectivity index is 3.98. The Hall–Kier alpha value is -2.06. The zero-order valence-electron chi connectivity index (χ0n) is 41.5. The summed E-state index contributed by atoms with van der Waals surface area (Å²) in [5.41, 5.74) is 5.39. The highest BCUT2D eigenvalue weighted by molar-refractivity contribution is 7.47. The van der Waals surface area contributed by atoms with Gasteiger partial charge in [-0.1, -0.05) is 234 Å². The first-order chi connectivity index (χ1) is 31.4. The lowest BCUT2D eigenvalue weighted by Crippen LogP contribution is -2.28. The summed E-state index contributed by atoms with van der Waals surface area (Å²) in [5, 5.41) is 0. The summed E-state index contributed by atoms with van der Waals surface area (Å²) in [6, 6.07) is 0. The molecule has 0 fully saturated rings. The van der Waals surface area contributed by atoms with E-state index in [1.165, 1.54) is 128 Å². The van der Waals surface area contributed by atoms with E-state index in [9.17, 15) is 14.3 Å². The molecule has 0 heterocycles. The van der Waals surface area contributed by atoms with Crippen LogP contribution in [0.1, 0.15) is 232 Å². The molecule has 0 aromatic rings. The van der Waals surface area contributed by atoms with Crippen LogP contribution in [0.15, 0.2) is 72.9 Å². The van der Waals surface area contributed by atoms with E-state index in [0.717, 1.165) is 83.5 Å². The Morgan fingerprint density at radius 1 is 0.484 bits per heavy atom. The predicted molar refractivity (Wildman–Crippen MR) is 275 cm³/mol. The molecule has 0 saturated heterocycles. The monoisotopic (exact) mass is 918 g/mol. The number of rotatable bonds is 50. The predicted octanol–water partition coefficient (Wildman–Crippen LogP) is 16.6. The lowest BCUT2D eigenvalue weighted by molar-refractivity contribution is -0.154. The molecule has 0 radical (unpaired) electrons. The van der Waals surface area contributed by atoms with Gasteiger partial charge in [-0.25, -0.2) is 4.57 Å². The molecule has 8 nitrogen and oxygen atoms in total. The number of esters is 1. The lowest BCUT2D eigenvalue weighted by Gasteiger charge is -2.20. The molecular formula is C55H100NO7P. The SMILES string of the molecule is CC/C=C\C/C=C\C/C=C\C/C=C\C/C=C\C/C=C\CCCCCCCOCC(COP(=O)(O)OCCN)OC(=O)CCCCCCCCCCCCCCCCCCCCCCC. The summed E-state index contributed by atoms with van der Waals surface area (Å²) < 4.78 is 33.6. The van der Waals surface area contributed by atoms with Crippen LogP contribution >= 0.6 is 7.82 Å². The third-order valence-corrected chi connectivity index (χ3v) is 12.1. The molecule has 0 saturated carbocycles. The van der Waals surface area contributed by atoms with Gasteiger partial charge in [0.25, 0.3) is 0 Å². The Bertz CT molecular complexity index is 1210. The molecular weight excluding hydrogens is 818 g/mol. The van der Waals surface area contributed by atoms with Crippen LogP contribution in [-0.2, 0) is 27.9 Å². The number of phosphoric acid groups is 1. The quantitative estimate of drug-likeness (QED) is 0.0268. The number of carbonyl (C=O) groups is 1. The van der Waals surface area contributed by atoms with Gasteiger partial charge in [-0.3, -0.25) is 13.8 Å². The zero-order chi connectivity index (χ0) is 46.5. The summed E-state index contributed by atoms with van der Waals surface area (Å²) in [5.74, 6) is -0.336. The van der Waals surface area contributed by atoms with Crippen molar-refractivity contribution in [2.75, 3.05) is 33.0 Å². The van der Waals surface area contributed by atoms with Gasteiger partial charge < -0.3 is 20.1 Å². The minimum atomic E-state index is -4.29. The van der Waals surface area contributed by atoms with Crippen LogP contribution < -0.4 is 5.73 Å². The van der Waals surface area contributed by atoms with Crippen molar-refractivity contribution in [1.29, 1.82) is 0 Å². The molecule has 0 bridgehead atoms. The normalized spacial score (nSPS) is 13.9. The van der Waals surface area contributed by atoms with Crippen LogP contribution in [0.4, 0.5) is 0 Å². The Morgan fingerprint density at radius 3 is 1.31 bits per heavy atom. The molecule has 0 aliphatic heterocycles. The van der Waals surface area contributed by atoms with Gasteiger partial charge in [0.1, 0.15) is 6.10 Å². The van der Waals surface area contributed by atoms with Gasteiger partial charge in [0.15, 0.2) is 0 Å². The Labute approximate surface area is 395 Å². The molecule has 0 rings (SSSR count). The van der Waals surface area contributed by atoms with Crippen LogP contribution in [0.5, 0.6) is 0 Å². The van der Waals surface area contributed by atoms with Crippen molar-refractivity contribution in [3.05, 3.63) is 72.9 Å². The van der Waals surface area contributed by atoms with Gasteiger partial charge in [-0.05, 0) is 64.2 Å². The van der Waals surface area contributed by atoms with Gasteiger partial charge in [0, 0.05) is 19.6 Å². The molecule has 0 spiro atoms. The van der Waals surface area contributed by atoms with Crippen molar-refractivity contribution in [3.63, 3.8) is 0 Å². The molecule has 9 heteroatoms. The number of unbranched alkanes of at least 4 members (excludes halogenated alkanes) is 25. The summed E-state index contributed by atoms with van der Waals surface area (Å²) in [6.07, 6.45) is 66.5. The van der Waals surface area contributed by atoms with Crippen molar-refractivity contribution in [2.45, 2.75) is 238 Å². The number of allylic oxidation sites excluding steroid dienone is 12. The maximum Gasteiger partial charge on any atom is 0.472 e. The second-order valence-electron chi connectivity index (χ2n) is 17.4. The van der Waals surface area contributed by atoms with E-state index in [0.29, 0.717) is 13.0 Å². The number of hydrogen-bond donors (Lipinski definition) is 2. The van der Waals surface area contributed by atoms with Crippen molar-refractivity contribution in [1.82, 2.24) is 0 Å². The van der Waals surface area contributed by atoms with Crippen LogP contribution in [0.3, 0.4) is 0 Å². The molecule has 2 atom stereocenters. The average Bonchev–Trinajstić information content (AvgIpc) is 3.29. The van der Waals surface area contributed by atoms with Gasteiger partial charge in [0.05, 0.1) is 19.8 Å². The first-order valence-electron chi connectivity index (χ1n) is 26.4. The fraction of sp³-hybridized carbons (Fsp3) is 0.764. The van der Waals surface area contributed by atoms with Gasteiger partial charge in [-0.2, -0.15) is 0 Å². The van der Waals surface area contributed by atoms with Crippen LogP contribution in [-0.4, -0.2) is 49.9 Å². The van der Waals surface area contributed by atoms with E-state index >= 15 is 0 Å². The van der Waals surface area contributed by atoms with E-state index in [1.54, 1.807) is 0 Å². The molecule has 0 aromatic heterocycles. The van der Waals surface area contributed by atoms with E-state index in [1.807, 2.05) is 0 Å². The molecule has 0 aromatic carbocycles. The maximum absolute atomic E-state index is 12.7. The molecule has 0 aliphatic carbocycles. The minimum Gasteiger partial charge on any atom is -0.457 e. The first-order valence-corrected chi connectivity index (χ1v) is 27.9. The van der Waals surface area contributed by atoms with E-state index in [-0.39, 0.29) is 32.3 Å². The van der Waals surface area contributed by atoms with Crippen LogP contribution in [0.25, 0.3) is 0 Å². The smallest absolute Gasteiger partial charge is 0.457 e. The highest BCUT2D eigenvalue weighted by Crippen LogP contribution is 2.43. The van der Waals surface area contributed by atoms with Gasteiger partial charge >= 0.3 is 13.8 Å². The fourth-order valence-corrected chi connectivity index (χ4v) is 8.06. The fourth-order valence-electron chi connectivity index (χ4n) is 7.30. The van der Waals surface area contributed by atoms with Crippen molar-refractivity contribution in [3.8, 4) is 0 Å². The number of nitrogens with two attached hydrogens (primary N) is 1. The number of phosphoric ester groups is 1. The summed E-state index contributed by atoms with van der Waals surface area (Å²) in [4.78, 5) is 22.6. The Morgan fingerprint density at radius 2 is 0.875 bits per heavy atom. The molecule has 64 heavy (non-hydrogen) atoms. The summed E-state index contributed by atoms with van der Waals surface area (Å²) in [7, 11) is -4.29. The van der Waals surface area contributed by atoms with E-state index in [4.69, 9.17) is 24.3 Å². The number of hydrogen-bond acceptors (Lipinski definition) is 7. The number of carbonyl (C=O) groups excluding carboxylic acids is 1. The second kappa shape index (κ2) is 51.9. The van der Waals surface area contributed by atoms with Crippen LogP contribution in [0, 0.1) is 0 Å². The number of ether oxygens (including phenoxy) is 2. The van der Waals surface area contributed by atoms with Crippen molar-refractivity contribution < 1.29 is 32.8 Å². The van der Waals surface area contributed by atoms with Crippen LogP contribution in [0.2, 0.25) is 0 Å². The largest absolute Gasteiger partial charge is 0.472 e. The molecule has 372 valence electrons. The molecule has 0 amide bonds. The zero-order valence-corrected chi connectivity index (χ0v) is 42.4. The highest BCUT2D eigenvalue weighted by Gasteiger charge is 2.25. The maximum atomic E-state index is 12.7. The minimum absolute atomic E-state index is 0.0947. The first kappa shape index (κ1) is 61.9. The van der Waals surface area contributed by atoms with Crippen molar-refractivity contribution in [2.24, 2.45) is 5.73 Å². The lowest BCUT2D eigenvalue weighted by atomic mass is 10.0. The van der Waals surface area contributed by atoms with Crippen molar-refractivity contribution >= 4 is 13.8 Å². The summed E-state index contributed by atoms with van der Waals surface area (Å²) >= 11 is 0. The van der Waals surface area contributed by atoms with Gasteiger partial charge in [-0.15, -0.1) is 0 Å². The van der Waals surface area contributed by atoms with E-state index in [2.05, 4.69) is 86.8 Å². The average molecular weight is 918 g/mol. The third kappa shape index (κ3) is 50.9. The molecule has 0 aliphatic rings. The molecule has 3 N–H and O–H groups in total. The summed E-state index contributed by atoms with van der Waals surface area (Å²) in [6.45, 7) is 4.79. The molecule has 2 unspecified atom stereocenters. The topological polar surface area (TPSA) is 117 Å².